The number of hydrogen-bond donors (Lipinski definition) is 0. The van der Waals surface area contributed by atoms with Crippen LogP contribution in [0.25, 0.3) is 0 Å². The minimum atomic E-state index is -0.247. The first-order valence-electron chi connectivity index (χ1n) is 7.03. The molecule has 0 amide bonds. The minimum Gasteiger partial charge on any atom is -0.496 e. The van der Waals surface area contributed by atoms with E-state index in [1.807, 2.05) is 30.3 Å². The Morgan fingerprint density at radius 2 is 1.95 bits per heavy atom. The Labute approximate surface area is 127 Å². The Balaban J connectivity index is 1.84. The van der Waals surface area contributed by atoms with Crippen molar-refractivity contribution in [2.75, 3.05) is 13.9 Å². The minimum absolute atomic E-state index is 0.123. The second-order valence-corrected chi connectivity index (χ2v) is 5.22. The van der Waals surface area contributed by atoms with Crippen LogP contribution in [-0.4, -0.2) is 19.9 Å². The molecule has 2 aromatic rings. The standard InChI is InChI=1S/C17H14O5/c1-19-13-3-2-4-14-17(13)11(8-16(18)22-14)10-5-6-12-15(7-10)21-9-20-12/h2-7,11H,8-9H2,1H3/t11-/m0/s1. The summed E-state index contributed by atoms with van der Waals surface area (Å²) < 4.78 is 21.6. The van der Waals surface area contributed by atoms with E-state index >= 15 is 0 Å². The lowest BCUT2D eigenvalue weighted by Gasteiger charge is -2.26. The van der Waals surface area contributed by atoms with E-state index in [0.717, 1.165) is 16.9 Å². The number of esters is 1. The van der Waals surface area contributed by atoms with Crippen LogP contribution >= 0.6 is 0 Å². The molecule has 0 fully saturated rings. The molecule has 0 N–H and O–H groups in total. The summed E-state index contributed by atoms with van der Waals surface area (Å²) in [5.41, 5.74) is 1.87. The molecule has 0 bridgehead atoms. The molecule has 0 aliphatic carbocycles. The molecule has 5 heteroatoms. The zero-order valence-corrected chi connectivity index (χ0v) is 12.0. The van der Waals surface area contributed by atoms with E-state index in [1.165, 1.54) is 0 Å². The molecule has 2 heterocycles. The van der Waals surface area contributed by atoms with E-state index in [2.05, 4.69) is 0 Å². The predicted molar refractivity (Wildman–Crippen MR) is 77.7 cm³/mol. The highest BCUT2D eigenvalue weighted by atomic mass is 16.7. The molecule has 2 aliphatic rings. The van der Waals surface area contributed by atoms with Crippen molar-refractivity contribution in [1.82, 2.24) is 0 Å². The monoisotopic (exact) mass is 298 g/mol. The van der Waals surface area contributed by atoms with Crippen molar-refractivity contribution in [3.63, 3.8) is 0 Å². The van der Waals surface area contributed by atoms with Crippen LogP contribution in [0, 0.1) is 0 Å². The van der Waals surface area contributed by atoms with Crippen molar-refractivity contribution in [1.29, 1.82) is 0 Å². The van der Waals surface area contributed by atoms with Gasteiger partial charge in [0.05, 0.1) is 13.5 Å². The van der Waals surface area contributed by atoms with Gasteiger partial charge in [0, 0.05) is 11.5 Å². The number of rotatable bonds is 2. The van der Waals surface area contributed by atoms with Gasteiger partial charge in [0.15, 0.2) is 11.5 Å². The van der Waals surface area contributed by atoms with Gasteiger partial charge < -0.3 is 18.9 Å². The fourth-order valence-corrected chi connectivity index (χ4v) is 2.98. The second kappa shape index (κ2) is 4.94. The maximum Gasteiger partial charge on any atom is 0.312 e. The van der Waals surface area contributed by atoms with Crippen LogP contribution in [0.3, 0.4) is 0 Å². The summed E-state index contributed by atoms with van der Waals surface area (Å²) in [4.78, 5) is 11.9. The molecule has 0 saturated heterocycles. The van der Waals surface area contributed by atoms with Crippen molar-refractivity contribution in [3.8, 4) is 23.0 Å². The van der Waals surface area contributed by atoms with E-state index in [0.29, 0.717) is 17.2 Å². The van der Waals surface area contributed by atoms with E-state index < -0.39 is 0 Å². The average molecular weight is 298 g/mol. The Bertz CT molecular complexity index is 753. The fraction of sp³-hybridized carbons (Fsp3) is 0.235. The average Bonchev–Trinajstić information content (AvgIpc) is 3.00. The molecule has 5 nitrogen and oxygen atoms in total. The van der Waals surface area contributed by atoms with Gasteiger partial charge in [0.2, 0.25) is 6.79 Å². The maximum absolute atomic E-state index is 11.9. The quantitative estimate of drug-likeness (QED) is 0.630. The van der Waals surface area contributed by atoms with Crippen LogP contribution in [-0.2, 0) is 4.79 Å². The lowest BCUT2D eigenvalue weighted by atomic mass is 9.85. The second-order valence-electron chi connectivity index (χ2n) is 5.22. The molecular weight excluding hydrogens is 284 g/mol. The zero-order chi connectivity index (χ0) is 15.1. The summed E-state index contributed by atoms with van der Waals surface area (Å²) in [6, 6.07) is 11.2. The first kappa shape index (κ1) is 13.0. The van der Waals surface area contributed by atoms with Gasteiger partial charge in [-0.25, -0.2) is 0 Å². The summed E-state index contributed by atoms with van der Waals surface area (Å²) in [5.74, 6) is 2.33. The van der Waals surface area contributed by atoms with Gasteiger partial charge in [0.1, 0.15) is 11.5 Å². The largest absolute Gasteiger partial charge is 0.496 e. The number of fused-ring (bicyclic) bond motifs is 2. The summed E-state index contributed by atoms with van der Waals surface area (Å²) >= 11 is 0. The van der Waals surface area contributed by atoms with E-state index in [9.17, 15) is 4.79 Å². The number of benzene rings is 2. The van der Waals surface area contributed by atoms with Gasteiger partial charge in [-0.1, -0.05) is 12.1 Å². The van der Waals surface area contributed by atoms with E-state index in [-0.39, 0.29) is 25.1 Å². The Morgan fingerprint density at radius 1 is 1.09 bits per heavy atom. The number of carbonyl (C=O) groups is 1. The Kier molecular flexibility index (Phi) is 2.92. The summed E-state index contributed by atoms with van der Waals surface area (Å²) in [6.07, 6.45) is 0.271. The SMILES string of the molecule is COc1cccc2c1[C@H](c1ccc3c(c1)OCO3)CC(=O)O2. The zero-order valence-electron chi connectivity index (χ0n) is 12.0. The molecule has 0 spiro atoms. The molecule has 0 saturated carbocycles. The summed E-state index contributed by atoms with van der Waals surface area (Å²) in [6.45, 7) is 0.228. The smallest absolute Gasteiger partial charge is 0.312 e. The van der Waals surface area contributed by atoms with Gasteiger partial charge in [-0.15, -0.1) is 0 Å². The van der Waals surface area contributed by atoms with Crippen molar-refractivity contribution in [2.24, 2.45) is 0 Å². The van der Waals surface area contributed by atoms with Gasteiger partial charge in [-0.05, 0) is 29.8 Å². The predicted octanol–water partition coefficient (Wildman–Crippen LogP) is 2.86. The van der Waals surface area contributed by atoms with Crippen LogP contribution in [0.15, 0.2) is 36.4 Å². The van der Waals surface area contributed by atoms with Crippen LogP contribution in [0.1, 0.15) is 23.5 Å². The van der Waals surface area contributed by atoms with Crippen molar-refractivity contribution in [3.05, 3.63) is 47.5 Å². The first-order chi connectivity index (χ1) is 10.8. The topological polar surface area (TPSA) is 54.0 Å². The third-order valence-corrected chi connectivity index (χ3v) is 3.99. The number of ether oxygens (including phenoxy) is 4. The maximum atomic E-state index is 11.9. The molecule has 4 rings (SSSR count). The van der Waals surface area contributed by atoms with Crippen molar-refractivity contribution >= 4 is 5.97 Å². The van der Waals surface area contributed by atoms with Crippen LogP contribution in [0.4, 0.5) is 0 Å². The van der Waals surface area contributed by atoms with Gasteiger partial charge >= 0.3 is 5.97 Å². The van der Waals surface area contributed by atoms with Gasteiger partial charge in [0.25, 0.3) is 0 Å². The first-order valence-corrected chi connectivity index (χ1v) is 7.03. The van der Waals surface area contributed by atoms with Crippen LogP contribution < -0.4 is 18.9 Å². The van der Waals surface area contributed by atoms with Gasteiger partial charge in [-0.2, -0.15) is 0 Å². The van der Waals surface area contributed by atoms with Crippen LogP contribution in [0.2, 0.25) is 0 Å². The lowest BCUT2D eigenvalue weighted by molar-refractivity contribution is -0.135. The molecule has 0 radical (unpaired) electrons. The molecule has 1 atom stereocenters. The highest BCUT2D eigenvalue weighted by Gasteiger charge is 2.32. The lowest BCUT2D eigenvalue weighted by Crippen LogP contribution is -2.21. The van der Waals surface area contributed by atoms with E-state index in [4.69, 9.17) is 18.9 Å². The van der Waals surface area contributed by atoms with Crippen LogP contribution in [0.5, 0.6) is 23.0 Å². The molecular formula is C17H14O5. The summed E-state index contributed by atoms with van der Waals surface area (Å²) in [5, 5.41) is 0. The third-order valence-electron chi connectivity index (χ3n) is 3.99. The van der Waals surface area contributed by atoms with Gasteiger partial charge in [-0.3, -0.25) is 4.79 Å². The molecule has 2 aromatic carbocycles. The highest BCUT2D eigenvalue weighted by Crippen LogP contribution is 2.45. The number of hydrogen-bond acceptors (Lipinski definition) is 5. The third kappa shape index (κ3) is 1.97. The molecule has 112 valence electrons. The fourth-order valence-electron chi connectivity index (χ4n) is 2.98. The molecule has 0 unspecified atom stereocenters. The number of methoxy groups -OCH3 is 1. The Hall–Kier alpha value is -2.69. The highest BCUT2D eigenvalue weighted by molar-refractivity contribution is 5.78. The summed E-state index contributed by atoms with van der Waals surface area (Å²) in [7, 11) is 1.61. The normalized spacial score (nSPS) is 18.6. The van der Waals surface area contributed by atoms with Crippen molar-refractivity contribution < 1.29 is 23.7 Å². The molecule has 0 aromatic heterocycles. The Morgan fingerprint density at radius 3 is 2.82 bits per heavy atom. The molecule has 22 heavy (non-hydrogen) atoms. The number of carbonyl (C=O) groups excluding carboxylic acids is 1. The van der Waals surface area contributed by atoms with Crippen molar-refractivity contribution in [2.45, 2.75) is 12.3 Å². The van der Waals surface area contributed by atoms with E-state index in [1.54, 1.807) is 13.2 Å². The molecule has 2 aliphatic heterocycles.